The lowest BCUT2D eigenvalue weighted by atomic mass is 10.0. The van der Waals surface area contributed by atoms with E-state index in [1.54, 1.807) is 32.0 Å². The maximum absolute atomic E-state index is 13.3. The van der Waals surface area contributed by atoms with Gasteiger partial charge in [-0.25, -0.2) is 4.98 Å². The van der Waals surface area contributed by atoms with Gasteiger partial charge in [-0.3, -0.25) is 19.2 Å². The number of hydrogen-bond acceptors (Lipinski definition) is 6. The van der Waals surface area contributed by atoms with E-state index in [0.29, 0.717) is 42.3 Å². The number of carbonyl (C=O) groups excluding carboxylic acids is 4. The van der Waals surface area contributed by atoms with Crippen LogP contribution >= 0.6 is 0 Å². The van der Waals surface area contributed by atoms with Crippen molar-refractivity contribution in [2.75, 3.05) is 6.54 Å². The summed E-state index contributed by atoms with van der Waals surface area (Å²) in [4.78, 5) is 69.3. The Hall–Kier alpha value is -3.76. The number of H-pyrrole nitrogens is 1. The second kappa shape index (κ2) is 10.2. The molecule has 11 nitrogen and oxygen atoms in total. The molecule has 1 aromatic heterocycles. The number of amides is 3. The summed E-state index contributed by atoms with van der Waals surface area (Å²) < 4.78 is 0. The number of carboxylic acid groups (broad SMARTS) is 1. The standard InChI is InChI=1S/C22H27N5O6/c1-12(2)19(26-20(31)13-5-6-15-16(8-13)24-11-23-15)22(33)27-7-3-4-17(27)21(32)25-14(10-28)9-18(29)30/h5-6,8,10-12,14,17,19H,3-4,7,9H2,1-2H3,(H,23,24)(H,25,32)(H,26,31)(H,29,30)/t14?,17-,19?/m0/s1. The van der Waals surface area contributed by atoms with Gasteiger partial charge in [-0.1, -0.05) is 13.8 Å². The molecule has 11 heteroatoms. The van der Waals surface area contributed by atoms with Crippen LogP contribution in [0.15, 0.2) is 24.5 Å². The predicted molar refractivity (Wildman–Crippen MR) is 117 cm³/mol. The number of carbonyl (C=O) groups is 5. The Morgan fingerprint density at radius 3 is 2.70 bits per heavy atom. The maximum Gasteiger partial charge on any atom is 0.305 e. The van der Waals surface area contributed by atoms with Crippen LogP contribution in [0.3, 0.4) is 0 Å². The van der Waals surface area contributed by atoms with Gasteiger partial charge in [-0.2, -0.15) is 0 Å². The van der Waals surface area contributed by atoms with Crippen LogP contribution in [-0.4, -0.2) is 74.6 Å². The minimum atomic E-state index is -1.22. The van der Waals surface area contributed by atoms with Crippen molar-refractivity contribution in [1.82, 2.24) is 25.5 Å². The van der Waals surface area contributed by atoms with Crippen LogP contribution in [0.5, 0.6) is 0 Å². The minimum Gasteiger partial charge on any atom is -0.481 e. The number of aromatic nitrogens is 2. The molecule has 0 aliphatic carbocycles. The summed E-state index contributed by atoms with van der Waals surface area (Å²) >= 11 is 0. The molecular formula is C22H27N5O6. The highest BCUT2D eigenvalue weighted by atomic mass is 16.4. The maximum atomic E-state index is 13.3. The Morgan fingerprint density at radius 1 is 1.27 bits per heavy atom. The van der Waals surface area contributed by atoms with E-state index in [-0.39, 0.29) is 5.92 Å². The molecule has 1 saturated heterocycles. The smallest absolute Gasteiger partial charge is 0.305 e. The summed E-state index contributed by atoms with van der Waals surface area (Å²) in [6.07, 6.45) is 2.30. The second-order valence-electron chi connectivity index (χ2n) is 8.37. The molecule has 0 spiro atoms. The van der Waals surface area contributed by atoms with Crippen molar-refractivity contribution in [3.05, 3.63) is 30.1 Å². The van der Waals surface area contributed by atoms with E-state index < -0.39 is 48.2 Å². The van der Waals surface area contributed by atoms with Crippen LogP contribution in [0.25, 0.3) is 11.0 Å². The lowest BCUT2D eigenvalue weighted by Crippen LogP contribution is -2.56. The third-order valence-electron chi connectivity index (χ3n) is 5.63. The molecule has 33 heavy (non-hydrogen) atoms. The van der Waals surface area contributed by atoms with E-state index in [4.69, 9.17) is 5.11 Å². The van der Waals surface area contributed by atoms with Gasteiger partial charge >= 0.3 is 5.97 Å². The fourth-order valence-corrected chi connectivity index (χ4v) is 3.90. The summed E-state index contributed by atoms with van der Waals surface area (Å²) in [6, 6.07) is 2.08. The number of aldehydes is 1. The SMILES string of the molecule is CC(C)C(NC(=O)c1ccc2nc[nH]c2c1)C(=O)N1CCC[C@H]1C(=O)NC(C=O)CC(=O)O. The van der Waals surface area contributed by atoms with Crippen molar-refractivity contribution >= 4 is 41.0 Å². The molecular weight excluding hydrogens is 430 g/mol. The number of carboxylic acids is 1. The van der Waals surface area contributed by atoms with Crippen molar-refractivity contribution in [2.45, 2.75) is 51.2 Å². The summed E-state index contributed by atoms with van der Waals surface area (Å²) in [6.45, 7) is 3.91. The number of fused-ring (bicyclic) bond motifs is 1. The van der Waals surface area contributed by atoms with Gasteiger partial charge in [-0.05, 0) is 37.0 Å². The Bertz CT molecular complexity index is 1060. The Kier molecular flexibility index (Phi) is 7.41. The van der Waals surface area contributed by atoms with Crippen LogP contribution < -0.4 is 10.6 Å². The first-order chi connectivity index (χ1) is 15.7. The average molecular weight is 457 g/mol. The van der Waals surface area contributed by atoms with Gasteiger partial charge < -0.3 is 30.4 Å². The summed E-state index contributed by atoms with van der Waals surface area (Å²) in [5.74, 6) is -2.89. The number of aromatic amines is 1. The lowest BCUT2D eigenvalue weighted by Gasteiger charge is -2.31. The van der Waals surface area contributed by atoms with Gasteiger partial charge in [0.25, 0.3) is 5.91 Å². The number of nitrogens with one attached hydrogen (secondary N) is 3. The summed E-state index contributed by atoms with van der Waals surface area (Å²) in [5, 5.41) is 14.0. The molecule has 3 amide bonds. The molecule has 2 unspecified atom stereocenters. The zero-order valence-electron chi connectivity index (χ0n) is 18.4. The van der Waals surface area contributed by atoms with Crippen LogP contribution in [0.1, 0.15) is 43.5 Å². The number of rotatable bonds is 9. The van der Waals surface area contributed by atoms with Gasteiger partial charge in [-0.15, -0.1) is 0 Å². The number of benzene rings is 1. The second-order valence-corrected chi connectivity index (χ2v) is 8.37. The molecule has 2 aromatic rings. The number of nitrogens with zero attached hydrogens (tertiary/aromatic N) is 2. The van der Waals surface area contributed by atoms with Gasteiger partial charge in [0.1, 0.15) is 18.4 Å². The van der Waals surface area contributed by atoms with Crippen molar-refractivity contribution in [2.24, 2.45) is 5.92 Å². The fourth-order valence-electron chi connectivity index (χ4n) is 3.90. The van der Waals surface area contributed by atoms with Crippen molar-refractivity contribution < 1.29 is 29.1 Å². The van der Waals surface area contributed by atoms with Crippen molar-refractivity contribution in [3.8, 4) is 0 Å². The van der Waals surface area contributed by atoms with Gasteiger partial charge in [0.15, 0.2) is 0 Å². The van der Waals surface area contributed by atoms with E-state index in [9.17, 15) is 24.0 Å². The molecule has 3 atom stereocenters. The van der Waals surface area contributed by atoms with Gasteiger partial charge in [0, 0.05) is 12.1 Å². The molecule has 1 aromatic carbocycles. The van der Waals surface area contributed by atoms with E-state index in [2.05, 4.69) is 20.6 Å². The highest BCUT2D eigenvalue weighted by Gasteiger charge is 2.39. The first-order valence-electron chi connectivity index (χ1n) is 10.7. The molecule has 4 N–H and O–H groups in total. The van der Waals surface area contributed by atoms with Crippen LogP contribution in [0.4, 0.5) is 0 Å². The Morgan fingerprint density at radius 2 is 2.03 bits per heavy atom. The van der Waals surface area contributed by atoms with Gasteiger partial charge in [0.2, 0.25) is 11.8 Å². The molecule has 0 radical (unpaired) electrons. The first-order valence-corrected chi connectivity index (χ1v) is 10.7. The number of hydrogen-bond donors (Lipinski definition) is 4. The van der Waals surface area contributed by atoms with Crippen molar-refractivity contribution in [3.63, 3.8) is 0 Å². The molecule has 3 rings (SSSR count). The third kappa shape index (κ3) is 5.54. The van der Waals surface area contributed by atoms with Crippen LogP contribution in [-0.2, 0) is 19.2 Å². The van der Waals surface area contributed by atoms with Crippen molar-refractivity contribution in [1.29, 1.82) is 0 Å². The Balaban J connectivity index is 1.72. The molecule has 0 saturated carbocycles. The minimum absolute atomic E-state index is 0.253. The van der Waals surface area contributed by atoms with Gasteiger partial charge in [0.05, 0.1) is 29.8 Å². The summed E-state index contributed by atoms with van der Waals surface area (Å²) in [5.41, 5.74) is 1.77. The molecule has 176 valence electrons. The average Bonchev–Trinajstić information content (AvgIpc) is 3.44. The zero-order valence-corrected chi connectivity index (χ0v) is 18.4. The topological polar surface area (TPSA) is 162 Å². The first kappa shape index (κ1) is 23.9. The molecule has 0 bridgehead atoms. The lowest BCUT2D eigenvalue weighted by molar-refractivity contribution is -0.142. The third-order valence-corrected chi connectivity index (χ3v) is 5.63. The molecule has 1 aliphatic heterocycles. The number of aliphatic carboxylic acids is 1. The predicted octanol–water partition coefficient (Wildman–Crippen LogP) is 0.467. The number of imidazole rings is 1. The molecule has 1 aliphatic rings. The van der Waals surface area contributed by atoms with E-state index in [1.807, 2.05) is 0 Å². The Labute approximate surface area is 189 Å². The van der Waals surface area contributed by atoms with Crippen LogP contribution in [0, 0.1) is 5.92 Å². The summed E-state index contributed by atoms with van der Waals surface area (Å²) in [7, 11) is 0. The zero-order chi connectivity index (χ0) is 24.1. The quantitative estimate of drug-likeness (QED) is 0.398. The number of likely N-dealkylation sites (tertiary alicyclic amines) is 1. The monoisotopic (exact) mass is 457 g/mol. The highest BCUT2D eigenvalue weighted by Crippen LogP contribution is 2.21. The molecule has 2 heterocycles. The van der Waals surface area contributed by atoms with E-state index in [0.717, 1.165) is 0 Å². The van der Waals surface area contributed by atoms with E-state index in [1.165, 1.54) is 11.2 Å². The molecule has 1 fully saturated rings. The largest absolute Gasteiger partial charge is 0.481 e. The fraction of sp³-hybridized carbons (Fsp3) is 0.455. The highest BCUT2D eigenvalue weighted by molar-refractivity contribution is 6.00. The van der Waals surface area contributed by atoms with Crippen LogP contribution in [0.2, 0.25) is 0 Å². The normalized spacial score (nSPS) is 17.5. The van der Waals surface area contributed by atoms with E-state index >= 15 is 0 Å².